The van der Waals surface area contributed by atoms with Crippen molar-refractivity contribution in [2.45, 2.75) is 6.92 Å². The molecule has 0 radical (unpaired) electrons. The van der Waals surface area contributed by atoms with Crippen molar-refractivity contribution in [3.63, 3.8) is 0 Å². The maximum Gasteiger partial charge on any atom is 0.421 e. The molecule has 2 aromatic carbocycles. The molecule has 0 heterocycles. The quantitative estimate of drug-likeness (QED) is 0.367. The number of ether oxygens (including phenoxy) is 1. The summed E-state index contributed by atoms with van der Waals surface area (Å²) in [6.07, 6.45) is 1.53. The Labute approximate surface area is 129 Å². The number of esters is 1. The molecule has 0 bridgehead atoms. The summed E-state index contributed by atoms with van der Waals surface area (Å²) in [6.45, 7) is 1.92. The zero-order valence-corrected chi connectivity index (χ0v) is 12.3. The molecule has 0 aromatic heterocycles. The van der Waals surface area contributed by atoms with Crippen molar-refractivity contribution in [2.75, 3.05) is 6.61 Å². The molecule has 0 N–H and O–H groups in total. The maximum absolute atomic E-state index is 11.8. The van der Waals surface area contributed by atoms with Crippen molar-refractivity contribution in [2.24, 2.45) is 0 Å². The zero-order valence-electron chi connectivity index (χ0n) is 12.3. The van der Waals surface area contributed by atoms with Gasteiger partial charge in [-0.15, -0.1) is 0 Å². The largest absolute Gasteiger partial charge is 0.457 e. The molecule has 110 valence electrons. The summed E-state index contributed by atoms with van der Waals surface area (Å²) >= 11 is 0. The highest BCUT2D eigenvalue weighted by atomic mass is 16.5. The Morgan fingerprint density at radius 2 is 1.55 bits per heavy atom. The molecule has 0 spiro atoms. The highest BCUT2D eigenvalue weighted by Crippen LogP contribution is 2.23. The summed E-state index contributed by atoms with van der Waals surface area (Å²) in [6, 6.07) is 19.2. The molecule has 22 heavy (non-hydrogen) atoms. The van der Waals surface area contributed by atoms with E-state index in [1.165, 1.54) is 6.08 Å². The summed E-state index contributed by atoms with van der Waals surface area (Å²) in [4.78, 5) is 14.9. The van der Waals surface area contributed by atoms with Crippen LogP contribution >= 0.6 is 0 Å². The van der Waals surface area contributed by atoms with Crippen molar-refractivity contribution < 1.29 is 14.3 Å². The molecule has 0 fully saturated rings. The van der Waals surface area contributed by atoms with Crippen molar-refractivity contribution in [1.29, 1.82) is 0 Å². The van der Waals surface area contributed by atoms with Crippen LogP contribution in [0.3, 0.4) is 0 Å². The zero-order chi connectivity index (χ0) is 15.8. The minimum Gasteiger partial charge on any atom is -0.457 e. The third-order valence-corrected chi connectivity index (χ3v) is 3.04. The van der Waals surface area contributed by atoms with Gasteiger partial charge in [-0.3, -0.25) is 0 Å². The lowest BCUT2D eigenvalue weighted by Crippen LogP contribution is -2.17. The average molecular weight is 292 g/mol. The molecule has 4 nitrogen and oxygen atoms in total. The number of carbonyl (C=O) groups is 1. The molecule has 0 saturated heterocycles. The standard InChI is InChI=1S/C18H16N2O2/c1-2-22-18(21)17(20-19)13-16(14-9-5-3-6-10-14)15-11-7-4-8-12-15/h3-13H,2H2,1H3. The van der Waals surface area contributed by atoms with Crippen molar-refractivity contribution >= 4 is 17.3 Å². The fourth-order valence-corrected chi connectivity index (χ4v) is 2.04. The van der Waals surface area contributed by atoms with Crippen molar-refractivity contribution in [1.82, 2.24) is 0 Å². The molecule has 0 unspecified atom stereocenters. The second kappa shape index (κ2) is 7.72. The highest BCUT2D eigenvalue weighted by Gasteiger charge is 2.20. The number of hydrogen-bond donors (Lipinski definition) is 0. The van der Waals surface area contributed by atoms with Gasteiger partial charge in [-0.1, -0.05) is 60.7 Å². The predicted molar refractivity (Wildman–Crippen MR) is 85.2 cm³/mol. The van der Waals surface area contributed by atoms with Crippen LogP contribution in [0, 0.1) is 0 Å². The van der Waals surface area contributed by atoms with E-state index in [4.69, 9.17) is 10.3 Å². The Morgan fingerprint density at radius 1 is 1.05 bits per heavy atom. The minimum atomic E-state index is -0.658. The average Bonchev–Trinajstić information content (AvgIpc) is 2.57. The molecule has 2 aromatic rings. The number of benzene rings is 2. The Hall–Kier alpha value is -2.97. The van der Waals surface area contributed by atoms with E-state index in [1.807, 2.05) is 60.7 Å². The van der Waals surface area contributed by atoms with Crippen molar-refractivity contribution in [3.8, 4) is 0 Å². The third-order valence-electron chi connectivity index (χ3n) is 3.04. The molecule has 0 aliphatic carbocycles. The van der Waals surface area contributed by atoms with Crippen LogP contribution in [-0.4, -0.2) is 23.1 Å². The van der Waals surface area contributed by atoms with Crippen molar-refractivity contribution in [3.05, 3.63) is 83.4 Å². The van der Waals surface area contributed by atoms with E-state index in [-0.39, 0.29) is 12.3 Å². The lowest BCUT2D eigenvalue weighted by molar-refractivity contribution is -0.139. The molecular weight excluding hydrogens is 276 g/mol. The van der Waals surface area contributed by atoms with E-state index in [1.54, 1.807) is 6.92 Å². The fraction of sp³-hybridized carbons (Fsp3) is 0.111. The van der Waals surface area contributed by atoms with E-state index in [0.29, 0.717) is 0 Å². The van der Waals surface area contributed by atoms with Crippen LogP contribution in [-0.2, 0) is 9.53 Å². The van der Waals surface area contributed by atoms with Crippen LogP contribution < -0.4 is 0 Å². The Morgan fingerprint density at radius 3 is 1.95 bits per heavy atom. The van der Waals surface area contributed by atoms with Crippen LogP contribution in [0.25, 0.3) is 11.1 Å². The van der Waals surface area contributed by atoms with E-state index >= 15 is 0 Å². The van der Waals surface area contributed by atoms with Gasteiger partial charge in [0.05, 0.1) is 6.61 Å². The number of nitrogens with zero attached hydrogens (tertiary/aromatic N) is 2. The van der Waals surface area contributed by atoms with E-state index in [9.17, 15) is 4.79 Å². The van der Waals surface area contributed by atoms with Gasteiger partial charge in [-0.25, -0.2) is 4.79 Å². The van der Waals surface area contributed by atoms with Gasteiger partial charge in [0, 0.05) is 6.08 Å². The lowest BCUT2D eigenvalue weighted by Gasteiger charge is -2.07. The van der Waals surface area contributed by atoms with Crippen LogP contribution in [0.4, 0.5) is 0 Å². The Kier molecular flexibility index (Phi) is 5.41. The summed E-state index contributed by atoms with van der Waals surface area (Å²) < 4.78 is 4.89. The molecule has 2 rings (SSSR count). The van der Waals surface area contributed by atoms with Crippen LogP contribution in [0.2, 0.25) is 0 Å². The highest BCUT2D eigenvalue weighted by molar-refractivity contribution is 6.40. The summed E-state index contributed by atoms with van der Waals surface area (Å²) in [5.74, 6) is -0.658. The van der Waals surface area contributed by atoms with Gasteiger partial charge < -0.3 is 10.3 Å². The fourth-order valence-electron chi connectivity index (χ4n) is 2.04. The summed E-state index contributed by atoms with van der Waals surface area (Å²) in [5, 5.41) is 0. The smallest absolute Gasteiger partial charge is 0.421 e. The first-order valence-electron chi connectivity index (χ1n) is 6.98. The second-order valence-corrected chi connectivity index (χ2v) is 4.50. The van der Waals surface area contributed by atoms with Gasteiger partial charge in [-0.05, 0) is 23.6 Å². The summed E-state index contributed by atoms with van der Waals surface area (Å²) in [7, 11) is 0. The van der Waals surface area contributed by atoms with E-state index < -0.39 is 5.97 Å². The van der Waals surface area contributed by atoms with Crippen LogP contribution in [0.15, 0.2) is 66.7 Å². The normalized spacial score (nSPS) is 9.50. The van der Waals surface area contributed by atoms with Gasteiger partial charge in [0.1, 0.15) is 0 Å². The first-order chi connectivity index (χ1) is 10.8. The molecule has 0 atom stereocenters. The molecule has 0 saturated carbocycles. The van der Waals surface area contributed by atoms with Gasteiger partial charge in [0.2, 0.25) is 0 Å². The minimum absolute atomic E-state index is 0.135. The topological polar surface area (TPSA) is 62.7 Å². The van der Waals surface area contributed by atoms with Gasteiger partial charge in [-0.2, -0.15) is 4.79 Å². The maximum atomic E-state index is 11.8. The van der Waals surface area contributed by atoms with E-state index in [2.05, 4.69) is 4.79 Å². The number of carbonyl (C=O) groups excluding carboxylic acids is 1. The Bertz CT molecular complexity index is 674. The third kappa shape index (κ3) is 3.78. The van der Waals surface area contributed by atoms with Gasteiger partial charge >= 0.3 is 11.7 Å². The first kappa shape index (κ1) is 15.4. The molecule has 0 aliphatic heterocycles. The molecule has 0 amide bonds. The molecule has 4 heteroatoms. The SMILES string of the molecule is CCOC(=O)C(C=C(c1ccccc1)c1ccccc1)=[N+]=[N-]. The van der Waals surface area contributed by atoms with Crippen LogP contribution in [0.5, 0.6) is 0 Å². The summed E-state index contributed by atoms with van der Waals surface area (Å²) in [5.41, 5.74) is 11.6. The van der Waals surface area contributed by atoms with Gasteiger partial charge in [0.25, 0.3) is 0 Å². The Balaban J connectivity index is 2.52. The molecule has 0 aliphatic rings. The van der Waals surface area contributed by atoms with Gasteiger partial charge in [0.15, 0.2) is 0 Å². The monoisotopic (exact) mass is 292 g/mol. The predicted octanol–water partition coefficient (Wildman–Crippen LogP) is 3.35. The second-order valence-electron chi connectivity index (χ2n) is 4.50. The van der Waals surface area contributed by atoms with Crippen LogP contribution in [0.1, 0.15) is 18.1 Å². The number of rotatable bonds is 5. The number of hydrogen-bond acceptors (Lipinski definition) is 2. The lowest BCUT2D eigenvalue weighted by atomic mass is 9.96. The molecular formula is C18H16N2O2. The van der Waals surface area contributed by atoms with E-state index in [0.717, 1.165) is 16.7 Å². The first-order valence-corrected chi connectivity index (χ1v) is 6.98.